The minimum Gasteiger partial charge on any atom is -0.368 e. The van der Waals surface area contributed by atoms with Crippen LogP contribution in [0, 0.1) is 27.7 Å². The van der Waals surface area contributed by atoms with Crippen molar-refractivity contribution in [3.63, 3.8) is 0 Å². The van der Waals surface area contributed by atoms with Gasteiger partial charge >= 0.3 is 0 Å². The van der Waals surface area contributed by atoms with E-state index in [4.69, 9.17) is 0 Å². The molecule has 1 aliphatic heterocycles. The van der Waals surface area contributed by atoms with E-state index in [1.807, 2.05) is 36.9 Å². The predicted octanol–water partition coefficient (Wildman–Crippen LogP) is 3.62. The van der Waals surface area contributed by atoms with Crippen LogP contribution in [-0.4, -0.2) is 49.4 Å². The first kappa shape index (κ1) is 20.9. The van der Waals surface area contributed by atoms with E-state index < -0.39 is 0 Å². The highest BCUT2D eigenvalue weighted by atomic mass is 16.2. The van der Waals surface area contributed by atoms with Gasteiger partial charge < -0.3 is 14.7 Å². The van der Waals surface area contributed by atoms with Crippen LogP contribution in [-0.2, 0) is 9.59 Å². The number of piperazine rings is 1. The highest BCUT2D eigenvalue weighted by Gasteiger charge is 2.25. The van der Waals surface area contributed by atoms with Crippen LogP contribution < -0.4 is 9.80 Å². The molecule has 3 rings (SSSR count). The van der Waals surface area contributed by atoms with E-state index in [1.54, 1.807) is 4.90 Å². The number of anilines is 2. The maximum atomic E-state index is 12.9. The van der Waals surface area contributed by atoms with Crippen LogP contribution in [0.4, 0.5) is 11.4 Å². The molecule has 0 saturated carbocycles. The molecule has 29 heavy (non-hydrogen) atoms. The summed E-state index contributed by atoms with van der Waals surface area (Å²) in [6, 6.07) is 12.3. The van der Waals surface area contributed by atoms with Gasteiger partial charge in [0.25, 0.3) is 0 Å². The molecule has 154 valence electrons. The monoisotopic (exact) mass is 393 g/mol. The molecule has 0 bridgehead atoms. The van der Waals surface area contributed by atoms with Crippen molar-refractivity contribution in [3.8, 4) is 0 Å². The van der Waals surface area contributed by atoms with Crippen molar-refractivity contribution in [2.24, 2.45) is 0 Å². The van der Waals surface area contributed by atoms with Crippen LogP contribution in [0.3, 0.4) is 0 Å². The number of carbonyl (C=O) groups excluding carboxylic acids is 2. The lowest BCUT2D eigenvalue weighted by Crippen LogP contribution is -2.52. The highest BCUT2D eigenvalue weighted by Crippen LogP contribution is 2.25. The number of carbonyl (C=O) groups is 2. The molecule has 2 aromatic rings. The molecule has 1 fully saturated rings. The normalized spacial score (nSPS) is 14.1. The van der Waals surface area contributed by atoms with Gasteiger partial charge in [0.15, 0.2) is 0 Å². The van der Waals surface area contributed by atoms with E-state index in [1.165, 1.54) is 23.7 Å². The molecular weight excluding hydrogens is 362 g/mol. The lowest BCUT2D eigenvalue weighted by molar-refractivity contribution is -0.131. The second-order valence-electron chi connectivity index (χ2n) is 7.98. The molecule has 0 radical (unpaired) electrons. The van der Waals surface area contributed by atoms with Crippen molar-refractivity contribution in [2.45, 2.75) is 34.6 Å². The van der Waals surface area contributed by atoms with Crippen LogP contribution >= 0.6 is 0 Å². The van der Waals surface area contributed by atoms with Gasteiger partial charge in [0.1, 0.15) is 6.54 Å². The first-order chi connectivity index (χ1) is 13.8. The molecule has 1 aliphatic rings. The second-order valence-corrected chi connectivity index (χ2v) is 7.98. The molecule has 0 spiro atoms. The van der Waals surface area contributed by atoms with Crippen molar-refractivity contribution in [1.82, 2.24) is 4.90 Å². The van der Waals surface area contributed by atoms with Gasteiger partial charge in [-0.2, -0.15) is 0 Å². The lowest BCUT2D eigenvalue weighted by atomic mass is 10.1. The predicted molar refractivity (Wildman–Crippen MR) is 119 cm³/mol. The van der Waals surface area contributed by atoms with E-state index in [0.29, 0.717) is 13.1 Å². The quantitative estimate of drug-likeness (QED) is 0.797. The van der Waals surface area contributed by atoms with E-state index >= 15 is 0 Å². The second kappa shape index (κ2) is 8.68. The number of aryl methyl sites for hydroxylation is 3. The molecule has 2 aromatic carbocycles. The summed E-state index contributed by atoms with van der Waals surface area (Å²) in [6.07, 6.45) is 0. The molecule has 1 saturated heterocycles. The summed E-state index contributed by atoms with van der Waals surface area (Å²) in [4.78, 5) is 31.0. The zero-order valence-corrected chi connectivity index (χ0v) is 18.2. The summed E-state index contributed by atoms with van der Waals surface area (Å²) in [7, 11) is 0. The fourth-order valence-corrected chi connectivity index (χ4v) is 3.98. The third-order valence-electron chi connectivity index (χ3n) is 5.87. The maximum absolute atomic E-state index is 12.9. The van der Waals surface area contributed by atoms with Crippen molar-refractivity contribution >= 4 is 23.2 Å². The first-order valence-electron chi connectivity index (χ1n) is 10.2. The summed E-state index contributed by atoms with van der Waals surface area (Å²) < 4.78 is 0. The van der Waals surface area contributed by atoms with E-state index in [9.17, 15) is 9.59 Å². The van der Waals surface area contributed by atoms with E-state index in [0.717, 1.165) is 29.9 Å². The third kappa shape index (κ3) is 4.61. The number of rotatable bonds is 4. The van der Waals surface area contributed by atoms with E-state index in [-0.39, 0.29) is 18.4 Å². The fourth-order valence-electron chi connectivity index (χ4n) is 3.98. The zero-order valence-electron chi connectivity index (χ0n) is 18.2. The van der Waals surface area contributed by atoms with Crippen LogP contribution in [0.25, 0.3) is 0 Å². The van der Waals surface area contributed by atoms with Gasteiger partial charge in [0.05, 0.1) is 0 Å². The topological polar surface area (TPSA) is 43.9 Å². The number of benzene rings is 2. The maximum Gasteiger partial charge on any atom is 0.242 e. The van der Waals surface area contributed by atoms with Gasteiger partial charge in [-0.15, -0.1) is 0 Å². The van der Waals surface area contributed by atoms with Crippen molar-refractivity contribution < 1.29 is 9.59 Å². The number of hydrogen-bond acceptors (Lipinski definition) is 3. The summed E-state index contributed by atoms with van der Waals surface area (Å²) in [5, 5.41) is 0. The summed E-state index contributed by atoms with van der Waals surface area (Å²) in [6.45, 7) is 12.8. The first-order valence-corrected chi connectivity index (χ1v) is 10.2. The molecule has 0 N–H and O–H groups in total. The Bertz CT molecular complexity index is 914. The molecule has 5 heteroatoms. The highest BCUT2D eigenvalue weighted by molar-refractivity contribution is 5.98. The molecule has 1 heterocycles. The Kier molecular flexibility index (Phi) is 6.26. The average Bonchev–Trinajstić information content (AvgIpc) is 2.68. The van der Waals surface area contributed by atoms with Gasteiger partial charge in [0.2, 0.25) is 11.8 Å². The largest absolute Gasteiger partial charge is 0.368 e. The summed E-state index contributed by atoms with van der Waals surface area (Å²) >= 11 is 0. The van der Waals surface area contributed by atoms with Crippen LogP contribution in [0.1, 0.15) is 29.2 Å². The molecule has 0 atom stereocenters. The zero-order chi connectivity index (χ0) is 21.1. The van der Waals surface area contributed by atoms with Crippen LogP contribution in [0.5, 0.6) is 0 Å². The van der Waals surface area contributed by atoms with Gasteiger partial charge in [0, 0.05) is 44.5 Å². The number of hydrogen-bond donors (Lipinski definition) is 0. The van der Waals surface area contributed by atoms with Crippen molar-refractivity contribution in [2.75, 3.05) is 42.5 Å². The third-order valence-corrected chi connectivity index (χ3v) is 5.87. The van der Waals surface area contributed by atoms with Crippen LogP contribution in [0.15, 0.2) is 36.4 Å². The SMILES string of the molecule is CC(=O)N(CC(=O)N1CCN(c2cccc(C)c2C)CC1)c1ccc(C)cc1C. The number of nitrogens with zero attached hydrogens (tertiary/aromatic N) is 3. The van der Waals surface area contributed by atoms with Crippen LogP contribution in [0.2, 0.25) is 0 Å². The Balaban J connectivity index is 1.66. The minimum atomic E-state index is -0.112. The Hall–Kier alpha value is -2.82. The van der Waals surface area contributed by atoms with Gasteiger partial charge in [-0.05, 0) is 56.5 Å². The summed E-state index contributed by atoms with van der Waals surface area (Å²) in [5.74, 6) is -0.111. The van der Waals surface area contributed by atoms with E-state index in [2.05, 4.69) is 36.9 Å². The standard InChI is InChI=1S/C24H31N3O2/c1-17-9-10-22(19(3)15-17)27(21(5)28)16-24(29)26-13-11-25(12-14-26)23-8-6-7-18(2)20(23)4/h6-10,15H,11-14,16H2,1-5H3. The average molecular weight is 394 g/mol. The molecular formula is C24H31N3O2. The smallest absolute Gasteiger partial charge is 0.242 e. The van der Waals surface area contributed by atoms with Gasteiger partial charge in [-0.25, -0.2) is 0 Å². The molecule has 0 unspecified atom stereocenters. The Morgan fingerprint density at radius 1 is 0.931 bits per heavy atom. The fraction of sp³-hybridized carbons (Fsp3) is 0.417. The number of amides is 2. The summed E-state index contributed by atoms with van der Waals surface area (Å²) in [5.41, 5.74) is 6.79. The van der Waals surface area contributed by atoms with Gasteiger partial charge in [-0.1, -0.05) is 29.8 Å². The Morgan fingerprint density at radius 2 is 1.62 bits per heavy atom. The Labute approximate surface area is 173 Å². The minimum absolute atomic E-state index is 0.000731. The molecule has 2 amide bonds. The molecule has 0 aromatic heterocycles. The van der Waals surface area contributed by atoms with Crippen molar-refractivity contribution in [3.05, 3.63) is 58.7 Å². The molecule has 0 aliphatic carbocycles. The van der Waals surface area contributed by atoms with Crippen molar-refractivity contribution in [1.29, 1.82) is 0 Å². The Morgan fingerprint density at radius 3 is 2.24 bits per heavy atom. The molecule has 5 nitrogen and oxygen atoms in total. The van der Waals surface area contributed by atoms with Gasteiger partial charge in [-0.3, -0.25) is 9.59 Å². The lowest BCUT2D eigenvalue weighted by Gasteiger charge is -2.38.